The van der Waals surface area contributed by atoms with Gasteiger partial charge in [-0.1, -0.05) is 41.4 Å². The molecule has 0 radical (unpaired) electrons. The summed E-state index contributed by atoms with van der Waals surface area (Å²) in [6, 6.07) is 2.07. The lowest BCUT2D eigenvalue weighted by Crippen LogP contribution is -2.53. The maximum absolute atomic E-state index is 12.7. The molecular weight excluding hydrogens is 499 g/mol. The molecule has 1 saturated carbocycles. The molecule has 3 heterocycles. The molecule has 180 valence electrons. The molecule has 2 aliphatic rings. The number of aromatic nitrogens is 3. The molecule has 2 aromatic heterocycles. The van der Waals surface area contributed by atoms with Crippen molar-refractivity contribution < 1.29 is 4.55 Å². The highest BCUT2D eigenvalue weighted by Crippen LogP contribution is 2.47. The molecule has 1 spiro atoms. The van der Waals surface area contributed by atoms with Gasteiger partial charge in [0.15, 0.2) is 5.82 Å². The van der Waals surface area contributed by atoms with Crippen LogP contribution in [0.5, 0.6) is 0 Å². The quantitative estimate of drug-likeness (QED) is 0.407. The number of nitrogen functional groups attached to an aromatic ring is 1. The first kappa shape index (κ1) is 25.1. The van der Waals surface area contributed by atoms with E-state index >= 15 is 0 Å². The number of halogens is 2. The van der Waals surface area contributed by atoms with E-state index in [0.717, 1.165) is 43.1 Å². The Bertz CT molecular complexity index is 997. The first-order valence-electron chi connectivity index (χ1n) is 11.1. The van der Waals surface area contributed by atoms with E-state index in [1.165, 1.54) is 24.6 Å². The fraction of sp³-hybridized carbons (Fsp3) is 0.591. The lowest BCUT2D eigenvalue weighted by atomic mass is 9.74. The van der Waals surface area contributed by atoms with E-state index in [9.17, 15) is 4.55 Å². The van der Waals surface area contributed by atoms with Crippen molar-refractivity contribution in [1.29, 1.82) is 0 Å². The van der Waals surface area contributed by atoms with E-state index < -0.39 is 11.4 Å². The third-order valence-corrected chi connectivity index (χ3v) is 10.1. The average Bonchev–Trinajstić information content (AvgIpc) is 3.14. The zero-order chi connectivity index (χ0) is 23.8. The van der Waals surface area contributed by atoms with E-state index in [4.69, 9.17) is 28.9 Å². The molecule has 7 nitrogen and oxygen atoms in total. The van der Waals surface area contributed by atoms with Gasteiger partial charge in [0.2, 0.25) is 0 Å². The number of nitrogens with one attached hydrogen (secondary N) is 1. The third-order valence-electron chi connectivity index (χ3n) is 6.56. The second-order valence-corrected chi connectivity index (χ2v) is 13.5. The van der Waals surface area contributed by atoms with E-state index in [1.54, 1.807) is 18.5 Å². The number of rotatable bonds is 5. The van der Waals surface area contributed by atoms with Crippen molar-refractivity contribution in [3.63, 3.8) is 0 Å². The molecule has 2 aromatic rings. The fourth-order valence-corrected chi connectivity index (χ4v) is 6.81. The lowest BCUT2D eigenvalue weighted by molar-refractivity contribution is 0.186. The summed E-state index contributed by atoms with van der Waals surface area (Å²) < 4.78 is 15.9. The van der Waals surface area contributed by atoms with Gasteiger partial charge in [0.1, 0.15) is 20.7 Å². The minimum Gasteiger partial charge on any atom is -0.598 e. The minimum atomic E-state index is -1.05. The summed E-state index contributed by atoms with van der Waals surface area (Å²) in [4.78, 5) is 16.1. The van der Waals surface area contributed by atoms with Gasteiger partial charge in [-0.15, -0.1) is 4.72 Å². The zero-order valence-electron chi connectivity index (χ0n) is 19.1. The van der Waals surface area contributed by atoms with Crippen molar-refractivity contribution in [3.8, 4) is 0 Å². The van der Waals surface area contributed by atoms with Gasteiger partial charge in [-0.2, -0.15) is 0 Å². The van der Waals surface area contributed by atoms with Crippen LogP contribution in [-0.4, -0.2) is 43.4 Å². The Morgan fingerprint density at radius 3 is 2.64 bits per heavy atom. The molecule has 3 N–H and O–H groups in total. The molecular formula is C22H30Cl2N6OS2. The predicted molar refractivity (Wildman–Crippen MR) is 137 cm³/mol. The normalized spacial score (nSPS) is 21.5. The molecule has 0 amide bonds. The lowest BCUT2D eigenvalue weighted by Gasteiger charge is -2.44. The largest absolute Gasteiger partial charge is 0.598 e. The molecule has 0 aromatic carbocycles. The molecule has 1 aliphatic carbocycles. The first-order chi connectivity index (χ1) is 15.6. The standard InChI is InChI=1S/C22H30Cl2N6OS2/c1-21(2,3)33(31)29-15-5-4-7-22(15)8-11-30(12-9-22)16-13-27-20(19(25)28-16)32-14-6-10-26-18(24)17(14)23/h6,10,13,15,29H,4-5,7-9,11-12H2,1-3H3,(H2,25,28)/t15-,33-/m1/s1. The number of anilines is 2. The fourth-order valence-electron chi connectivity index (χ4n) is 4.61. The second kappa shape index (κ2) is 9.95. The van der Waals surface area contributed by atoms with Gasteiger partial charge in [0.05, 0.1) is 17.3 Å². The number of pyridine rings is 1. The number of nitrogens with zero attached hydrogens (tertiary/aromatic N) is 4. The molecule has 1 aliphatic heterocycles. The number of hydrogen-bond acceptors (Lipinski definition) is 8. The van der Waals surface area contributed by atoms with Crippen LogP contribution < -0.4 is 15.4 Å². The molecule has 2 atom stereocenters. The molecule has 11 heteroatoms. The van der Waals surface area contributed by atoms with E-state index in [1.807, 2.05) is 20.8 Å². The Hall–Kier alpha value is -0.970. The van der Waals surface area contributed by atoms with Crippen molar-refractivity contribution in [2.75, 3.05) is 23.7 Å². The van der Waals surface area contributed by atoms with E-state index in [-0.39, 0.29) is 15.3 Å². The Labute approximate surface area is 212 Å². The summed E-state index contributed by atoms with van der Waals surface area (Å²) in [5, 5.41) is 1.21. The Kier molecular flexibility index (Phi) is 7.58. The average molecular weight is 530 g/mol. The van der Waals surface area contributed by atoms with E-state index in [0.29, 0.717) is 21.9 Å². The SMILES string of the molecule is CC(C)(C)[S@@+]([O-])N[C@@H]1CCCC12CCN(c1cnc(Sc3ccnc(Cl)c3Cl)c(N)n1)CC2. The molecule has 33 heavy (non-hydrogen) atoms. The molecule has 0 unspecified atom stereocenters. The van der Waals surface area contributed by atoms with Gasteiger partial charge < -0.3 is 15.2 Å². The van der Waals surface area contributed by atoms with Crippen LogP contribution in [0, 0.1) is 5.41 Å². The number of piperidine rings is 1. The van der Waals surface area contributed by atoms with Crippen LogP contribution in [0.2, 0.25) is 10.2 Å². The predicted octanol–water partition coefficient (Wildman–Crippen LogP) is 5.10. The summed E-state index contributed by atoms with van der Waals surface area (Å²) in [7, 11) is 0. The van der Waals surface area contributed by atoms with Gasteiger partial charge in [0, 0.05) is 35.5 Å². The third kappa shape index (κ3) is 5.49. The van der Waals surface area contributed by atoms with Crippen LogP contribution in [0.4, 0.5) is 11.6 Å². The molecule has 2 fully saturated rings. The van der Waals surface area contributed by atoms with Crippen molar-refractivity contribution in [2.24, 2.45) is 5.41 Å². The smallest absolute Gasteiger partial charge is 0.158 e. The molecule has 4 rings (SSSR count). The van der Waals surface area contributed by atoms with Gasteiger partial charge in [-0.05, 0) is 57.9 Å². The Balaban J connectivity index is 1.41. The molecule has 0 bridgehead atoms. The van der Waals surface area contributed by atoms with Gasteiger partial charge >= 0.3 is 0 Å². The van der Waals surface area contributed by atoms with Crippen LogP contribution in [0.15, 0.2) is 28.4 Å². The summed E-state index contributed by atoms with van der Waals surface area (Å²) >= 11 is 12.5. The highest BCUT2D eigenvalue weighted by molar-refractivity contribution is 7.99. The van der Waals surface area contributed by atoms with Crippen LogP contribution in [0.1, 0.15) is 52.9 Å². The van der Waals surface area contributed by atoms with Gasteiger partial charge in [-0.25, -0.2) is 15.0 Å². The molecule has 1 saturated heterocycles. The van der Waals surface area contributed by atoms with Crippen molar-refractivity contribution in [1.82, 2.24) is 19.7 Å². The summed E-state index contributed by atoms with van der Waals surface area (Å²) in [6.45, 7) is 7.81. The number of hydrogen-bond donors (Lipinski definition) is 2. The Morgan fingerprint density at radius 2 is 1.97 bits per heavy atom. The van der Waals surface area contributed by atoms with Crippen LogP contribution in [0.3, 0.4) is 0 Å². The second-order valence-electron chi connectivity index (χ2n) is 9.73. The Morgan fingerprint density at radius 1 is 1.24 bits per heavy atom. The van der Waals surface area contributed by atoms with Crippen molar-refractivity contribution >= 4 is 58.0 Å². The maximum atomic E-state index is 12.7. The van der Waals surface area contributed by atoms with Gasteiger partial charge in [-0.3, -0.25) is 0 Å². The topological polar surface area (TPSA) is 103 Å². The zero-order valence-corrected chi connectivity index (χ0v) is 22.3. The summed E-state index contributed by atoms with van der Waals surface area (Å²) in [5.41, 5.74) is 6.44. The summed E-state index contributed by atoms with van der Waals surface area (Å²) in [5.74, 6) is 1.15. The number of nitrogens with two attached hydrogens (primary N) is 1. The highest BCUT2D eigenvalue weighted by Gasteiger charge is 2.47. The van der Waals surface area contributed by atoms with Crippen molar-refractivity contribution in [3.05, 3.63) is 28.6 Å². The minimum absolute atomic E-state index is 0.198. The first-order valence-corrected chi connectivity index (χ1v) is 13.8. The highest BCUT2D eigenvalue weighted by atomic mass is 35.5. The summed E-state index contributed by atoms with van der Waals surface area (Å²) in [6.07, 6.45) is 8.89. The monoisotopic (exact) mass is 528 g/mol. The van der Waals surface area contributed by atoms with Crippen molar-refractivity contribution in [2.45, 2.75) is 73.6 Å². The van der Waals surface area contributed by atoms with Crippen LogP contribution in [-0.2, 0) is 11.4 Å². The van der Waals surface area contributed by atoms with Crippen LogP contribution in [0.25, 0.3) is 0 Å². The van der Waals surface area contributed by atoms with Crippen LogP contribution >= 0.6 is 35.0 Å². The van der Waals surface area contributed by atoms with Gasteiger partial charge in [0.25, 0.3) is 0 Å². The van der Waals surface area contributed by atoms with E-state index in [2.05, 4.69) is 24.6 Å². The maximum Gasteiger partial charge on any atom is 0.158 e.